The van der Waals surface area contributed by atoms with Crippen LogP contribution in [-0.4, -0.2) is 33.7 Å². The van der Waals surface area contributed by atoms with Crippen LogP contribution in [0.2, 0.25) is 0 Å². The molecule has 1 amide bonds. The number of nitrogens with one attached hydrogen (secondary N) is 1. The van der Waals surface area contributed by atoms with Crippen molar-refractivity contribution >= 4 is 21.8 Å². The van der Waals surface area contributed by atoms with E-state index >= 15 is 0 Å². The standard InChI is InChI=1S/C22H20BrF2N3O4/c1-13-27-21(32-12-16-6-7-17(24)10-18(16)25)19(23)22(31)28(13)11-14-2-4-15(5-3-14)20(30)26-8-9-29/h2-7,10,29H,8-9,11-12H2,1H3,(H,26,30). The normalized spacial score (nSPS) is 10.8. The van der Waals surface area contributed by atoms with Gasteiger partial charge in [0.2, 0.25) is 5.88 Å². The number of aliphatic hydroxyl groups is 1. The topological polar surface area (TPSA) is 93.5 Å². The van der Waals surface area contributed by atoms with Crippen LogP contribution in [0.5, 0.6) is 5.88 Å². The SMILES string of the molecule is Cc1nc(OCc2ccc(F)cc2F)c(Br)c(=O)n1Cc1ccc(C(=O)NCCO)cc1. The molecule has 1 heterocycles. The largest absolute Gasteiger partial charge is 0.472 e. The zero-order valence-corrected chi connectivity index (χ0v) is 18.7. The zero-order chi connectivity index (χ0) is 23.3. The van der Waals surface area contributed by atoms with Crippen LogP contribution in [0.15, 0.2) is 51.7 Å². The van der Waals surface area contributed by atoms with Crippen LogP contribution in [0, 0.1) is 18.6 Å². The van der Waals surface area contributed by atoms with Crippen molar-refractivity contribution in [1.29, 1.82) is 0 Å². The molecule has 0 saturated heterocycles. The van der Waals surface area contributed by atoms with Gasteiger partial charge >= 0.3 is 0 Å². The van der Waals surface area contributed by atoms with Crippen molar-refractivity contribution in [2.75, 3.05) is 13.2 Å². The van der Waals surface area contributed by atoms with Gasteiger partial charge in [0.15, 0.2) is 0 Å². The molecule has 3 aromatic rings. The Kier molecular flexibility index (Phi) is 7.70. The number of aliphatic hydroxyl groups excluding tert-OH is 1. The third-order valence-corrected chi connectivity index (χ3v) is 5.29. The fourth-order valence-corrected chi connectivity index (χ4v) is 3.31. The van der Waals surface area contributed by atoms with Gasteiger partial charge in [-0.05, 0) is 52.7 Å². The first kappa shape index (κ1) is 23.6. The summed E-state index contributed by atoms with van der Waals surface area (Å²) in [5.41, 5.74) is 0.939. The smallest absolute Gasteiger partial charge is 0.272 e. The predicted octanol–water partition coefficient (Wildman–Crippen LogP) is 2.94. The average Bonchev–Trinajstić information content (AvgIpc) is 2.78. The number of aromatic nitrogens is 2. The molecular formula is C22H20BrF2N3O4. The number of carbonyl (C=O) groups excluding carboxylic acids is 1. The molecule has 1 aromatic heterocycles. The van der Waals surface area contributed by atoms with Gasteiger partial charge in [-0.15, -0.1) is 0 Å². The van der Waals surface area contributed by atoms with Crippen LogP contribution in [0.1, 0.15) is 27.3 Å². The van der Waals surface area contributed by atoms with Crippen LogP contribution in [0.3, 0.4) is 0 Å². The van der Waals surface area contributed by atoms with Crippen molar-refractivity contribution in [2.45, 2.75) is 20.1 Å². The fourth-order valence-electron chi connectivity index (χ4n) is 2.90. The van der Waals surface area contributed by atoms with Gasteiger partial charge in [-0.25, -0.2) is 8.78 Å². The number of nitrogens with zero attached hydrogens (tertiary/aromatic N) is 2. The number of carbonyl (C=O) groups is 1. The second kappa shape index (κ2) is 10.5. The van der Waals surface area contributed by atoms with E-state index in [9.17, 15) is 18.4 Å². The quantitative estimate of drug-likeness (QED) is 0.488. The van der Waals surface area contributed by atoms with Gasteiger partial charge in [0.1, 0.15) is 28.5 Å². The van der Waals surface area contributed by atoms with Crippen molar-refractivity contribution in [3.8, 4) is 5.88 Å². The Labute approximate surface area is 190 Å². The van der Waals surface area contributed by atoms with E-state index in [0.29, 0.717) is 11.4 Å². The highest BCUT2D eigenvalue weighted by atomic mass is 79.9. The van der Waals surface area contributed by atoms with Crippen LogP contribution in [0.4, 0.5) is 8.78 Å². The molecular weight excluding hydrogens is 488 g/mol. The Balaban J connectivity index is 1.75. The van der Waals surface area contributed by atoms with E-state index in [0.717, 1.165) is 17.7 Å². The summed E-state index contributed by atoms with van der Waals surface area (Å²) in [6.07, 6.45) is 0. The number of ether oxygens (including phenoxy) is 1. The molecule has 0 radical (unpaired) electrons. The Morgan fingerprint density at radius 1 is 1.22 bits per heavy atom. The van der Waals surface area contributed by atoms with Gasteiger partial charge < -0.3 is 15.2 Å². The summed E-state index contributed by atoms with van der Waals surface area (Å²) in [7, 11) is 0. The predicted molar refractivity (Wildman–Crippen MR) is 117 cm³/mol. The number of benzene rings is 2. The Hall–Kier alpha value is -3.11. The van der Waals surface area contributed by atoms with Crippen molar-refractivity contribution in [3.63, 3.8) is 0 Å². The summed E-state index contributed by atoms with van der Waals surface area (Å²) >= 11 is 3.19. The van der Waals surface area contributed by atoms with E-state index in [1.807, 2.05) is 0 Å². The van der Waals surface area contributed by atoms with Gasteiger partial charge in [0.05, 0.1) is 13.2 Å². The highest BCUT2D eigenvalue weighted by molar-refractivity contribution is 9.10. The van der Waals surface area contributed by atoms with E-state index in [1.54, 1.807) is 31.2 Å². The summed E-state index contributed by atoms with van der Waals surface area (Å²) in [5, 5.41) is 11.3. The summed E-state index contributed by atoms with van der Waals surface area (Å²) in [5.74, 6) is -1.37. The minimum absolute atomic E-state index is 0.00313. The molecule has 0 unspecified atom stereocenters. The molecule has 0 fully saturated rings. The maximum absolute atomic E-state index is 13.8. The number of halogens is 3. The third-order valence-electron chi connectivity index (χ3n) is 4.61. The van der Waals surface area contributed by atoms with Gasteiger partial charge in [-0.1, -0.05) is 12.1 Å². The number of aryl methyl sites for hydroxylation is 1. The van der Waals surface area contributed by atoms with Crippen molar-refractivity contribution in [3.05, 3.63) is 91.4 Å². The van der Waals surface area contributed by atoms with Crippen molar-refractivity contribution < 1.29 is 23.4 Å². The molecule has 0 aliphatic carbocycles. The Morgan fingerprint density at radius 2 is 1.94 bits per heavy atom. The highest BCUT2D eigenvalue weighted by Gasteiger charge is 2.15. The van der Waals surface area contributed by atoms with Crippen LogP contribution in [-0.2, 0) is 13.2 Å². The maximum Gasteiger partial charge on any atom is 0.272 e. The molecule has 0 bridgehead atoms. The van der Waals surface area contributed by atoms with E-state index in [-0.39, 0.29) is 48.1 Å². The second-order valence-electron chi connectivity index (χ2n) is 6.87. The first-order chi connectivity index (χ1) is 15.3. The molecule has 0 spiro atoms. The molecule has 0 atom stereocenters. The lowest BCUT2D eigenvalue weighted by atomic mass is 10.1. The number of amides is 1. The van der Waals surface area contributed by atoms with Crippen molar-refractivity contribution in [2.24, 2.45) is 0 Å². The second-order valence-corrected chi connectivity index (χ2v) is 7.66. The first-order valence-corrected chi connectivity index (χ1v) is 10.4. The van der Waals surface area contributed by atoms with Crippen molar-refractivity contribution in [1.82, 2.24) is 14.9 Å². The lowest BCUT2D eigenvalue weighted by Gasteiger charge is -2.14. The third kappa shape index (κ3) is 5.57. The minimum Gasteiger partial charge on any atom is -0.472 e. The molecule has 168 valence electrons. The van der Waals surface area contributed by atoms with E-state index in [1.165, 1.54) is 10.6 Å². The summed E-state index contributed by atoms with van der Waals surface area (Å²) < 4.78 is 33.8. The number of rotatable bonds is 8. The van der Waals surface area contributed by atoms with Crippen LogP contribution in [0.25, 0.3) is 0 Å². The molecule has 32 heavy (non-hydrogen) atoms. The lowest BCUT2D eigenvalue weighted by molar-refractivity contribution is 0.0944. The summed E-state index contributed by atoms with van der Waals surface area (Å²) in [4.78, 5) is 29.0. The number of hydrogen-bond acceptors (Lipinski definition) is 5. The molecule has 0 aliphatic rings. The molecule has 7 nitrogen and oxygen atoms in total. The first-order valence-electron chi connectivity index (χ1n) is 9.61. The molecule has 10 heteroatoms. The molecule has 2 aromatic carbocycles. The molecule has 3 rings (SSSR count). The monoisotopic (exact) mass is 507 g/mol. The van der Waals surface area contributed by atoms with E-state index in [2.05, 4.69) is 26.2 Å². The van der Waals surface area contributed by atoms with Crippen LogP contribution < -0.4 is 15.6 Å². The van der Waals surface area contributed by atoms with Gasteiger partial charge in [0.25, 0.3) is 11.5 Å². The maximum atomic E-state index is 13.8. The highest BCUT2D eigenvalue weighted by Crippen LogP contribution is 2.21. The molecule has 0 aliphatic heterocycles. The Morgan fingerprint density at radius 3 is 2.59 bits per heavy atom. The van der Waals surface area contributed by atoms with Gasteiger partial charge in [0, 0.05) is 23.7 Å². The zero-order valence-electron chi connectivity index (χ0n) is 17.1. The fraction of sp³-hybridized carbons (Fsp3) is 0.227. The molecule has 0 saturated carbocycles. The number of hydrogen-bond donors (Lipinski definition) is 2. The molecule has 2 N–H and O–H groups in total. The van der Waals surface area contributed by atoms with Gasteiger partial charge in [-0.3, -0.25) is 14.2 Å². The minimum atomic E-state index is -0.750. The van der Waals surface area contributed by atoms with E-state index in [4.69, 9.17) is 9.84 Å². The van der Waals surface area contributed by atoms with Crippen LogP contribution >= 0.6 is 15.9 Å². The van der Waals surface area contributed by atoms with Gasteiger partial charge in [-0.2, -0.15) is 4.98 Å². The summed E-state index contributed by atoms with van der Waals surface area (Å²) in [6.45, 7) is 1.64. The van der Waals surface area contributed by atoms with E-state index < -0.39 is 17.2 Å². The summed E-state index contributed by atoms with van der Waals surface area (Å²) in [6, 6.07) is 9.82. The Bertz CT molecular complexity index is 1180. The lowest BCUT2D eigenvalue weighted by Crippen LogP contribution is -2.27. The average molecular weight is 508 g/mol.